The van der Waals surface area contributed by atoms with Crippen LogP contribution in [0.3, 0.4) is 0 Å². The molecule has 2 aromatic carbocycles. The summed E-state index contributed by atoms with van der Waals surface area (Å²) in [7, 11) is 3.11. The van der Waals surface area contributed by atoms with E-state index < -0.39 is 6.10 Å². The van der Waals surface area contributed by atoms with E-state index in [0.717, 1.165) is 16.7 Å². The van der Waals surface area contributed by atoms with E-state index in [1.54, 1.807) is 33.3 Å². The molecule has 1 N–H and O–H groups in total. The lowest BCUT2D eigenvalue weighted by Gasteiger charge is -2.19. The zero-order valence-electron chi connectivity index (χ0n) is 13.6. The largest absolute Gasteiger partial charge is 0.467 e. The van der Waals surface area contributed by atoms with Crippen molar-refractivity contribution in [3.8, 4) is 22.6 Å². The van der Waals surface area contributed by atoms with Gasteiger partial charge in [-0.05, 0) is 24.1 Å². The first-order valence-electron chi connectivity index (χ1n) is 7.32. The highest BCUT2D eigenvalue weighted by Gasteiger charge is 2.18. The number of aliphatic hydroxyl groups is 1. The summed E-state index contributed by atoms with van der Waals surface area (Å²) in [5.74, 6) is 1.15. The number of hydrogen-bond donors (Lipinski definition) is 1. The van der Waals surface area contributed by atoms with Gasteiger partial charge in [-0.1, -0.05) is 30.3 Å². The molecular weight excluding hydrogens is 296 g/mol. The lowest BCUT2D eigenvalue weighted by molar-refractivity contribution is 0.0459. The molecule has 0 aliphatic heterocycles. The molecule has 2 rings (SSSR count). The summed E-state index contributed by atoms with van der Waals surface area (Å²) >= 11 is 0. The van der Waals surface area contributed by atoms with Crippen LogP contribution in [-0.2, 0) is 9.47 Å². The third-order valence-electron chi connectivity index (χ3n) is 3.29. The fourth-order valence-corrected chi connectivity index (χ4v) is 2.30. The summed E-state index contributed by atoms with van der Waals surface area (Å²) in [6.07, 6.45) is -0.679. The van der Waals surface area contributed by atoms with Gasteiger partial charge >= 0.3 is 0 Å². The average molecular weight is 318 g/mol. The topological polar surface area (TPSA) is 57.2 Å². The van der Waals surface area contributed by atoms with Gasteiger partial charge in [0, 0.05) is 25.8 Å². The van der Waals surface area contributed by atoms with E-state index >= 15 is 0 Å². The molecule has 124 valence electrons. The van der Waals surface area contributed by atoms with Crippen LogP contribution in [0.15, 0.2) is 42.5 Å². The molecule has 23 heavy (non-hydrogen) atoms. The smallest absolute Gasteiger partial charge is 0.188 e. The van der Waals surface area contributed by atoms with E-state index in [1.165, 1.54) is 0 Å². The van der Waals surface area contributed by atoms with Crippen LogP contribution in [0.25, 0.3) is 11.1 Å². The number of aliphatic hydroxyl groups excluding tert-OH is 1. The van der Waals surface area contributed by atoms with Crippen molar-refractivity contribution in [2.24, 2.45) is 0 Å². The summed E-state index contributed by atoms with van der Waals surface area (Å²) < 4.78 is 21.1. The van der Waals surface area contributed by atoms with Gasteiger partial charge in [0.25, 0.3) is 0 Å². The van der Waals surface area contributed by atoms with Crippen LogP contribution in [0.4, 0.5) is 0 Å². The molecule has 0 bridgehead atoms. The van der Waals surface area contributed by atoms with Crippen LogP contribution in [0, 0.1) is 0 Å². The summed E-state index contributed by atoms with van der Waals surface area (Å²) in [6, 6.07) is 13.3. The first-order valence-corrected chi connectivity index (χ1v) is 7.32. The van der Waals surface area contributed by atoms with Crippen molar-refractivity contribution in [3.63, 3.8) is 0 Å². The Morgan fingerprint density at radius 2 is 1.61 bits per heavy atom. The molecule has 0 saturated heterocycles. The maximum atomic E-state index is 10.2. The molecule has 0 radical (unpaired) electrons. The minimum absolute atomic E-state index is 0.104. The van der Waals surface area contributed by atoms with E-state index in [2.05, 4.69) is 0 Å². The second-order valence-corrected chi connectivity index (χ2v) is 5.03. The zero-order chi connectivity index (χ0) is 16.7. The highest BCUT2D eigenvalue weighted by Crippen LogP contribution is 2.40. The van der Waals surface area contributed by atoms with Gasteiger partial charge in [-0.3, -0.25) is 0 Å². The maximum absolute atomic E-state index is 10.2. The van der Waals surface area contributed by atoms with Crippen molar-refractivity contribution >= 4 is 0 Å². The average Bonchev–Trinajstić information content (AvgIpc) is 2.58. The molecule has 5 heteroatoms. The molecule has 5 nitrogen and oxygen atoms in total. The molecule has 0 aliphatic carbocycles. The molecule has 2 aromatic rings. The third kappa shape index (κ3) is 4.45. The van der Waals surface area contributed by atoms with Crippen molar-refractivity contribution in [1.82, 2.24) is 0 Å². The molecule has 0 aliphatic rings. The molecule has 0 amide bonds. The van der Waals surface area contributed by atoms with Crippen LogP contribution in [0.5, 0.6) is 11.5 Å². The number of benzene rings is 2. The van der Waals surface area contributed by atoms with Crippen molar-refractivity contribution in [3.05, 3.63) is 48.0 Å². The van der Waals surface area contributed by atoms with Crippen LogP contribution < -0.4 is 9.47 Å². The van der Waals surface area contributed by atoms with Gasteiger partial charge in [0.05, 0.1) is 6.10 Å². The van der Waals surface area contributed by atoms with Gasteiger partial charge in [-0.2, -0.15) is 0 Å². The van der Waals surface area contributed by atoms with Gasteiger partial charge in [-0.15, -0.1) is 0 Å². The zero-order valence-corrected chi connectivity index (χ0v) is 13.6. The first kappa shape index (κ1) is 17.3. The Labute approximate surface area is 136 Å². The molecule has 0 fully saturated rings. The van der Waals surface area contributed by atoms with Crippen molar-refractivity contribution in [1.29, 1.82) is 0 Å². The summed E-state index contributed by atoms with van der Waals surface area (Å²) in [6.45, 7) is 1.93. The minimum Gasteiger partial charge on any atom is -0.467 e. The quantitative estimate of drug-likeness (QED) is 0.756. The third-order valence-corrected chi connectivity index (χ3v) is 3.29. The second-order valence-electron chi connectivity index (χ2n) is 5.03. The van der Waals surface area contributed by atoms with E-state index in [4.69, 9.17) is 18.9 Å². The van der Waals surface area contributed by atoms with Crippen LogP contribution >= 0.6 is 0 Å². The summed E-state index contributed by atoms with van der Waals surface area (Å²) in [5.41, 5.74) is 2.49. The lowest BCUT2D eigenvalue weighted by atomic mass is 9.95. The lowest BCUT2D eigenvalue weighted by Crippen LogP contribution is -2.06. The molecule has 1 atom stereocenters. The molecule has 0 heterocycles. The highest BCUT2D eigenvalue weighted by atomic mass is 16.7. The predicted octanol–water partition coefficient (Wildman–Crippen LogP) is 3.37. The van der Waals surface area contributed by atoms with E-state index in [9.17, 15) is 5.11 Å². The molecule has 0 saturated carbocycles. The fraction of sp³-hybridized carbons (Fsp3) is 0.333. The molecule has 1 unspecified atom stereocenters. The van der Waals surface area contributed by atoms with Gasteiger partial charge < -0.3 is 24.1 Å². The van der Waals surface area contributed by atoms with Crippen molar-refractivity contribution in [2.75, 3.05) is 27.8 Å². The minimum atomic E-state index is -0.679. The Bertz CT molecular complexity index is 610. The number of methoxy groups -OCH3 is 2. The highest BCUT2D eigenvalue weighted by molar-refractivity contribution is 5.75. The number of rotatable bonds is 8. The Morgan fingerprint density at radius 1 is 0.957 bits per heavy atom. The van der Waals surface area contributed by atoms with Crippen molar-refractivity contribution in [2.45, 2.75) is 13.0 Å². The Balaban J connectivity index is 2.55. The van der Waals surface area contributed by atoms with Crippen molar-refractivity contribution < 1.29 is 24.1 Å². The van der Waals surface area contributed by atoms with Gasteiger partial charge in [0.1, 0.15) is 11.5 Å². The SMILES string of the molecule is COCOc1cc(OCOC)c(-c2ccccc2)c(C(C)O)c1. The summed E-state index contributed by atoms with van der Waals surface area (Å²) in [5, 5.41) is 10.2. The first-order chi connectivity index (χ1) is 11.2. The molecule has 0 spiro atoms. The second kappa shape index (κ2) is 8.53. The Kier molecular flexibility index (Phi) is 6.40. The predicted molar refractivity (Wildman–Crippen MR) is 87.5 cm³/mol. The number of hydrogen-bond acceptors (Lipinski definition) is 5. The fourth-order valence-electron chi connectivity index (χ4n) is 2.30. The molecule has 0 aromatic heterocycles. The number of ether oxygens (including phenoxy) is 4. The van der Waals surface area contributed by atoms with Gasteiger partial charge in [0.15, 0.2) is 13.6 Å². The Morgan fingerprint density at radius 3 is 2.22 bits per heavy atom. The van der Waals surface area contributed by atoms with Gasteiger partial charge in [0.2, 0.25) is 0 Å². The monoisotopic (exact) mass is 318 g/mol. The molecular formula is C18H22O5. The van der Waals surface area contributed by atoms with Crippen LogP contribution in [0.2, 0.25) is 0 Å². The van der Waals surface area contributed by atoms with Crippen LogP contribution in [-0.4, -0.2) is 32.9 Å². The Hall–Kier alpha value is -2.08. The van der Waals surface area contributed by atoms with E-state index in [-0.39, 0.29) is 13.6 Å². The van der Waals surface area contributed by atoms with E-state index in [1.807, 2.05) is 30.3 Å². The van der Waals surface area contributed by atoms with Crippen LogP contribution in [0.1, 0.15) is 18.6 Å². The summed E-state index contributed by atoms with van der Waals surface area (Å²) in [4.78, 5) is 0. The van der Waals surface area contributed by atoms with Gasteiger partial charge in [-0.25, -0.2) is 0 Å². The normalized spacial score (nSPS) is 12.0. The van der Waals surface area contributed by atoms with E-state index in [0.29, 0.717) is 11.5 Å². The maximum Gasteiger partial charge on any atom is 0.188 e. The standard InChI is InChI=1S/C18H22O5/c1-13(19)16-9-15(22-11-20-2)10-17(23-12-21-3)18(16)14-7-5-4-6-8-14/h4-10,13,19H,11-12H2,1-3H3.